The van der Waals surface area contributed by atoms with Crippen LogP contribution < -0.4 is 0 Å². The fourth-order valence-corrected chi connectivity index (χ4v) is 2.32. The maximum Gasteiger partial charge on any atom is 0.452 e. The summed E-state index contributed by atoms with van der Waals surface area (Å²) in [6.45, 7) is 2.22. The minimum absolute atomic E-state index is 0.450. The minimum Gasteiger partial charge on any atom is -0.427 e. The van der Waals surface area contributed by atoms with Crippen molar-refractivity contribution in [3.8, 4) is 0 Å². The van der Waals surface area contributed by atoms with E-state index in [2.05, 4.69) is 6.92 Å². The molecule has 0 amide bonds. The van der Waals surface area contributed by atoms with Gasteiger partial charge in [-0.2, -0.15) is 0 Å². The highest BCUT2D eigenvalue weighted by Crippen LogP contribution is 2.19. The van der Waals surface area contributed by atoms with E-state index in [4.69, 9.17) is 20.1 Å². The van der Waals surface area contributed by atoms with Crippen LogP contribution in [0.25, 0.3) is 0 Å². The van der Waals surface area contributed by atoms with Gasteiger partial charge >= 0.3 is 14.2 Å². The first-order chi connectivity index (χ1) is 9.09. The normalized spacial score (nSPS) is 11.1. The summed E-state index contributed by atoms with van der Waals surface area (Å²) in [6, 6.07) is 0. The Kier molecular flexibility index (Phi) is 13.0. The third-order valence-corrected chi connectivity index (χ3v) is 3.66. The Morgan fingerprint density at radius 3 is 1.37 bits per heavy atom. The van der Waals surface area contributed by atoms with E-state index in [1.165, 1.54) is 44.9 Å². The maximum atomic E-state index is 8.96. The van der Waals surface area contributed by atoms with Crippen LogP contribution in [0.3, 0.4) is 0 Å². The Bertz CT molecular complexity index is 183. The molecule has 19 heavy (non-hydrogen) atoms. The molecule has 4 N–H and O–H groups in total. The van der Waals surface area contributed by atoms with Gasteiger partial charge in [-0.25, -0.2) is 0 Å². The quantitative estimate of drug-likeness (QED) is 0.306. The lowest BCUT2D eigenvalue weighted by atomic mass is 9.51. The summed E-state index contributed by atoms with van der Waals surface area (Å²) in [5.74, 6) is 0. The van der Waals surface area contributed by atoms with Crippen LogP contribution in [0.2, 0.25) is 5.72 Å². The van der Waals surface area contributed by atoms with Gasteiger partial charge in [-0.05, 0) is 0 Å². The van der Waals surface area contributed by atoms with E-state index in [9.17, 15) is 0 Å². The molecule has 0 atom stereocenters. The van der Waals surface area contributed by atoms with Gasteiger partial charge in [0.25, 0.3) is 0 Å². The largest absolute Gasteiger partial charge is 0.452 e. The first-order valence-corrected chi connectivity index (χ1v) is 7.81. The topological polar surface area (TPSA) is 80.9 Å². The van der Waals surface area contributed by atoms with E-state index in [0.29, 0.717) is 6.42 Å². The second-order valence-corrected chi connectivity index (χ2v) is 5.46. The van der Waals surface area contributed by atoms with Crippen molar-refractivity contribution in [3.05, 3.63) is 0 Å². The lowest BCUT2D eigenvalue weighted by Crippen LogP contribution is -2.33. The SMILES string of the molecule is CCCCCCCCCCCCC(B(O)O)B(O)O. The predicted octanol–water partition coefficient (Wildman–Crippen LogP) is 2.15. The zero-order valence-corrected chi connectivity index (χ0v) is 12.3. The maximum absolute atomic E-state index is 8.96. The van der Waals surface area contributed by atoms with Gasteiger partial charge in [-0.3, -0.25) is 0 Å². The van der Waals surface area contributed by atoms with Gasteiger partial charge in [-0.1, -0.05) is 77.6 Å². The van der Waals surface area contributed by atoms with Crippen LogP contribution in [-0.4, -0.2) is 34.3 Å². The Hall–Kier alpha value is -0.0301. The van der Waals surface area contributed by atoms with E-state index in [-0.39, 0.29) is 0 Å². The molecule has 0 fully saturated rings. The van der Waals surface area contributed by atoms with Crippen molar-refractivity contribution in [2.75, 3.05) is 0 Å². The number of unbranched alkanes of at least 4 members (excludes halogenated alkanes) is 9. The van der Waals surface area contributed by atoms with Crippen LogP contribution >= 0.6 is 0 Å². The van der Waals surface area contributed by atoms with Gasteiger partial charge in [0.1, 0.15) is 0 Å². The van der Waals surface area contributed by atoms with Crippen molar-refractivity contribution in [3.63, 3.8) is 0 Å². The van der Waals surface area contributed by atoms with E-state index >= 15 is 0 Å². The summed E-state index contributed by atoms with van der Waals surface area (Å²) < 4.78 is 0. The molecule has 0 radical (unpaired) electrons. The molecule has 0 aliphatic heterocycles. The first kappa shape index (κ1) is 19.0. The van der Waals surface area contributed by atoms with E-state index in [1.54, 1.807) is 0 Å². The molecule has 0 aromatic heterocycles. The zero-order valence-electron chi connectivity index (χ0n) is 12.3. The molecule has 0 aromatic carbocycles. The standard InChI is InChI=1S/C13H30B2O4/c1-2-3-4-5-6-7-8-9-10-11-12-13(14(16)17)15(18)19/h13,16-19H,2-12H2,1H3. The lowest BCUT2D eigenvalue weighted by Gasteiger charge is -2.13. The summed E-state index contributed by atoms with van der Waals surface area (Å²) in [7, 11) is -3.28. The summed E-state index contributed by atoms with van der Waals surface area (Å²) in [5.41, 5.74) is -0.839. The van der Waals surface area contributed by atoms with Crippen molar-refractivity contribution in [2.45, 2.75) is 83.3 Å². The zero-order chi connectivity index (χ0) is 14.5. The monoisotopic (exact) mass is 272 g/mol. The Balaban J connectivity index is 3.30. The fraction of sp³-hybridized carbons (Fsp3) is 1.00. The van der Waals surface area contributed by atoms with Crippen LogP contribution in [0.1, 0.15) is 77.6 Å². The fourth-order valence-electron chi connectivity index (χ4n) is 2.32. The van der Waals surface area contributed by atoms with Crippen LogP contribution in [0.5, 0.6) is 0 Å². The molecule has 0 heterocycles. The Morgan fingerprint density at radius 1 is 0.632 bits per heavy atom. The molecule has 4 nitrogen and oxygen atoms in total. The van der Waals surface area contributed by atoms with E-state index < -0.39 is 20.0 Å². The molecule has 0 aliphatic rings. The minimum atomic E-state index is -1.64. The van der Waals surface area contributed by atoms with Crippen molar-refractivity contribution in [1.29, 1.82) is 0 Å². The van der Waals surface area contributed by atoms with Crippen molar-refractivity contribution in [2.24, 2.45) is 0 Å². The molecule has 112 valence electrons. The second-order valence-electron chi connectivity index (χ2n) is 5.46. The molecule has 0 saturated carbocycles. The molecule has 0 rings (SSSR count). The highest BCUT2D eigenvalue weighted by atomic mass is 16.4. The number of rotatable bonds is 13. The van der Waals surface area contributed by atoms with Gasteiger partial charge in [-0.15, -0.1) is 0 Å². The Labute approximate surface area is 118 Å². The highest BCUT2D eigenvalue weighted by molar-refractivity contribution is 6.64. The van der Waals surface area contributed by atoms with Gasteiger partial charge < -0.3 is 20.1 Å². The average Bonchev–Trinajstić information content (AvgIpc) is 2.35. The van der Waals surface area contributed by atoms with Crippen LogP contribution in [0.15, 0.2) is 0 Å². The average molecular weight is 272 g/mol. The smallest absolute Gasteiger partial charge is 0.427 e. The summed E-state index contributed by atoms with van der Waals surface area (Å²) in [4.78, 5) is 0. The van der Waals surface area contributed by atoms with Crippen LogP contribution in [0, 0.1) is 0 Å². The molecular weight excluding hydrogens is 242 g/mol. The van der Waals surface area contributed by atoms with E-state index in [0.717, 1.165) is 19.3 Å². The Morgan fingerprint density at radius 2 is 1.00 bits per heavy atom. The first-order valence-electron chi connectivity index (χ1n) is 7.81. The van der Waals surface area contributed by atoms with Gasteiger partial charge in [0.2, 0.25) is 0 Å². The third kappa shape index (κ3) is 11.5. The molecule has 6 heteroatoms. The van der Waals surface area contributed by atoms with Crippen molar-refractivity contribution >= 4 is 14.2 Å². The molecular formula is C13H30B2O4. The molecule has 0 aromatic rings. The summed E-state index contributed by atoms with van der Waals surface area (Å²) in [6.07, 6.45) is 12.6. The second kappa shape index (κ2) is 13.0. The van der Waals surface area contributed by atoms with Crippen LogP contribution in [0.4, 0.5) is 0 Å². The van der Waals surface area contributed by atoms with Gasteiger partial charge in [0.05, 0.1) is 0 Å². The predicted molar refractivity (Wildman–Crippen MR) is 80.6 cm³/mol. The van der Waals surface area contributed by atoms with Gasteiger partial charge in [0, 0.05) is 5.72 Å². The molecule has 0 spiro atoms. The molecule has 0 aliphatic carbocycles. The van der Waals surface area contributed by atoms with Gasteiger partial charge in [0.15, 0.2) is 0 Å². The highest BCUT2D eigenvalue weighted by Gasteiger charge is 2.33. The van der Waals surface area contributed by atoms with Crippen LogP contribution in [-0.2, 0) is 0 Å². The summed E-state index contributed by atoms with van der Waals surface area (Å²) >= 11 is 0. The summed E-state index contributed by atoms with van der Waals surface area (Å²) in [5, 5.41) is 35.8. The third-order valence-electron chi connectivity index (χ3n) is 3.66. The molecule has 0 unspecified atom stereocenters. The number of hydrogen-bond donors (Lipinski definition) is 4. The van der Waals surface area contributed by atoms with E-state index in [1.807, 2.05) is 0 Å². The molecule has 0 saturated heterocycles. The molecule has 0 bridgehead atoms. The van der Waals surface area contributed by atoms with Crippen molar-refractivity contribution < 1.29 is 20.1 Å². The lowest BCUT2D eigenvalue weighted by molar-refractivity contribution is 0.351. The van der Waals surface area contributed by atoms with Crippen molar-refractivity contribution in [1.82, 2.24) is 0 Å². The number of hydrogen-bond acceptors (Lipinski definition) is 4.